The Hall–Kier alpha value is -1.47. The minimum Gasteiger partial charge on any atom is -0.264 e. The number of pyridine rings is 1. The summed E-state index contributed by atoms with van der Waals surface area (Å²) in [5.74, 6) is 0. The molecule has 0 saturated heterocycles. The van der Waals surface area contributed by atoms with E-state index in [9.17, 15) is 4.79 Å². The van der Waals surface area contributed by atoms with Crippen LogP contribution in [-0.2, 0) is 11.3 Å². The largest absolute Gasteiger partial charge is 0.264 e. The summed E-state index contributed by atoms with van der Waals surface area (Å²) in [6, 6.07) is 1.94. The fraction of sp³-hybridized carbons (Fsp3) is 0.250. The molecule has 0 spiro atoms. The Morgan fingerprint density at radius 1 is 1.64 bits per heavy atom. The van der Waals surface area contributed by atoms with E-state index in [0.29, 0.717) is 6.54 Å². The molecule has 0 fully saturated rings. The van der Waals surface area contributed by atoms with Gasteiger partial charge in [-0.05, 0) is 18.1 Å². The van der Waals surface area contributed by atoms with E-state index < -0.39 is 0 Å². The lowest BCUT2D eigenvalue weighted by Gasteiger charge is -1.94. The number of hydrogen-bond donors (Lipinski definition) is 0. The van der Waals surface area contributed by atoms with Gasteiger partial charge in [-0.2, -0.15) is 0 Å². The van der Waals surface area contributed by atoms with Crippen LogP contribution in [0.4, 0.5) is 0 Å². The van der Waals surface area contributed by atoms with E-state index in [2.05, 4.69) is 9.98 Å². The molecule has 56 valence electrons. The van der Waals surface area contributed by atoms with Crippen molar-refractivity contribution in [2.45, 2.75) is 13.5 Å². The van der Waals surface area contributed by atoms with Crippen LogP contribution in [0.5, 0.6) is 0 Å². The highest BCUT2D eigenvalue weighted by Gasteiger charge is 1.90. The number of hydrogen-bond acceptors (Lipinski definition) is 3. The number of isocyanates is 1. The minimum absolute atomic E-state index is 0.373. The molecule has 1 aromatic heterocycles. The van der Waals surface area contributed by atoms with E-state index in [-0.39, 0.29) is 0 Å². The molecule has 0 aliphatic carbocycles. The number of carbonyl (C=O) groups excluding carboxylic acids is 1. The van der Waals surface area contributed by atoms with Gasteiger partial charge in [-0.15, -0.1) is 0 Å². The SMILES string of the molecule is Cc1cncc(CN=C=O)c1. The second-order valence-electron chi connectivity index (χ2n) is 2.28. The lowest BCUT2D eigenvalue weighted by molar-refractivity contribution is 0.562. The second kappa shape index (κ2) is 3.64. The van der Waals surface area contributed by atoms with E-state index in [4.69, 9.17) is 0 Å². The average molecular weight is 148 g/mol. The van der Waals surface area contributed by atoms with Crippen molar-refractivity contribution in [1.82, 2.24) is 4.98 Å². The average Bonchev–Trinajstić information content (AvgIpc) is 2.01. The number of nitrogens with zero attached hydrogens (tertiary/aromatic N) is 2. The Morgan fingerprint density at radius 2 is 2.45 bits per heavy atom. The summed E-state index contributed by atoms with van der Waals surface area (Å²) in [4.78, 5) is 17.1. The molecular formula is C8H8N2O. The third-order valence-electron chi connectivity index (χ3n) is 1.26. The van der Waals surface area contributed by atoms with E-state index >= 15 is 0 Å². The van der Waals surface area contributed by atoms with Crippen LogP contribution in [0.2, 0.25) is 0 Å². The standard InChI is InChI=1S/C8H8N2O/c1-7-2-8(4-9-3-7)5-10-6-11/h2-4H,5H2,1H3. The highest BCUT2D eigenvalue weighted by molar-refractivity contribution is 5.33. The molecule has 3 heteroatoms. The quantitative estimate of drug-likeness (QED) is 0.467. The van der Waals surface area contributed by atoms with E-state index in [1.807, 2.05) is 13.0 Å². The Kier molecular flexibility index (Phi) is 2.53. The first-order chi connectivity index (χ1) is 5.33. The van der Waals surface area contributed by atoms with Gasteiger partial charge in [0.25, 0.3) is 0 Å². The minimum atomic E-state index is 0.373. The van der Waals surface area contributed by atoms with Crippen molar-refractivity contribution in [2.75, 3.05) is 0 Å². The van der Waals surface area contributed by atoms with Crippen LogP contribution >= 0.6 is 0 Å². The Labute approximate surface area is 64.8 Å². The lowest BCUT2D eigenvalue weighted by atomic mass is 10.2. The lowest BCUT2D eigenvalue weighted by Crippen LogP contribution is -1.84. The maximum absolute atomic E-state index is 9.75. The Bertz CT molecular complexity index is 290. The zero-order valence-corrected chi connectivity index (χ0v) is 6.24. The van der Waals surface area contributed by atoms with Crippen molar-refractivity contribution < 1.29 is 4.79 Å². The van der Waals surface area contributed by atoms with Crippen LogP contribution in [0.3, 0.4) is 0 Å². The fourth-order valence-corrected chi connectivity index (χ4v) is 0.828. The normalized spacial score (nSPS) is 8.82. The van der Waals surface area contributed by atoms with Crippen LogP contribution in [0.1, 0.15) is 11.1 Å². The van der Waals surface area contributed by atoms with Crippen molar-refractivity contribution in [3.05, 3.63) is 29.6 Å². The molecule has 0 atom stereocenters. The van der Waals surface area contributed by atoms with Gasteiger partial charge in [0.05, 0.1) is 6.54 Å². The third-order valence-corrected chi connectivity index (χ3v) is 1.26. The summed E-state index contributed by atoms with van der Waals surface area (Å²) in [6.07, 6.45) is 4.93. The summed E-state index contributed by atoms with van der Waals surface area (Å²) in [7, 11) is 0. The topological polar surface area (TPSA) is 42.3 Å². The highest BCUT2D eigenvalue weighted by Crippen LogP contribution is 2.01. The van der Waals surface area contributed by atoms with Gasteiger partial charge in [-0.25, -0.2) is 9.79 Å². The van der Waals surface area contributed by atoms with E-state index in [1.165, 1.54) is 6.08 Å². The Morgan fingerprint density at radius 3 is 3.09 bits per heavy atom. The van der Waals surface area contributed by atoms with Crippen LogP contribution < -0.4 is 0 Å². The first kappa shape index (κ1) is 7.63. The molecule has 0 N–H and O–H groups in total. The summed E-state index contributed by atoms with van der Waals surface area (Å²) < 4.78 is 0. The molecule has 0 radical (unpaired) electrons. The van der Waals surface area contributed by atoms with Crippen LogP contribution in [-0.4, -0.2) is 11.1 Å². The first-order valence-electron chi connectivity index (χ1n) is 3.27. The van der Waals surface area contributed by atoms with Gasteiger partial charge in [0.1, 0.15) is 0 Å². The monoisotopic (exact) mass is 148 g/mol. The van der Waals surface area contributed by atoms with Crippen molar-refractivity contribution in [3.8, 4) is 0 Å². The molecule has 0 aliphatic rings. The van der Waals surface area contributed by atoms with E-state index in [1.54, 1.807) is 12.4 Å². The molecular weight excluding hydrogens is 140 g/mol. The first-order valence-corrected chi connectivity index (χ1v) is 3.27. The van der Waals surface area contributed by atoms with Crippen molar-refractivity contribution in [1.29, 1.82) is 0 Å². The fourth-order valence-electron chi connectivity index (χ4n) is 0.828. The van der Waals surface area contributed by atoms with Gasteiger partial charge in [-0.1, -0.05) is 6.07 Å². The van der Waals surface area contributed by atoms with Crippen molar-refractivity contribution in [2.24, 2.45) is 4.99 Å². The smallest absolute Gasteiger partial charge is 0.235 e. The number of aromatic nitrogens is 1. The molecule has 3 nitrogen and oxygen atoms in total. The molecule has 1 rings (SSSR count). The van der Waals surface area contributed by atoms with Gasteiger partial charge in [0.2, 0.25) is 6.08 Å². The van der Waals surface area contributed by atoms with Crippen molar-refractivity contribution >= 4 is 6.08 Å². The summed E-state index contributed by atoms with van der Waals surface area (Å²) in [5.41, 5.74) is 2.01. The van der Waals surface area contributed by atoms with Gasteiger partial charge >= 0.3 is 0 Å². The summed E-state index contributed by atoms with van der Waals surface area (Å²) >= 11 is 0. The number of aryl methyl sites for hydroxylation is 1. The third kappa shape index (κ3) is 2.32. The van der Waals surface area contributed by atoms with Gasteiger partial charge in [0.15, 0.2) is 0 Å². The van der Waals surface area contributed by atoms with Crippen molar-refractivity contribution in [3.63, 3.8) is 0 Å². The molecule has 1 heterocycles. The van der Waals surface area contributed by atoms with Crippen LogP contribution in [0, 0.1) is 6.92 Å². The zero-order chi connectivity index (χ0) is 8.10. The molecule has 11 heavy (non-hydrogen) atoms. The highest BCUT2D eigenvalue weighted by atomic mass is 16.1. The number of rotatable bonds is 2. The maximum atomic E-state index is 9.75. The number of aliphatic imine (C=N–C) groups is 1. The molecule has 0 unspecified atom stereocenters. The predicted molar refractivity (Wildman–Crippen MR) is 40.8 cm³/mol. The van der Waals surface area contributed by atoms with Gasteiger partial charge in [0, 0.05) is 12.4 Å². The molecule has 0 bridgehead atoms. The molecule has 0 amide bonds. The molecule has 1 aromatic rings. The van der Waals surface area contributed by atoms with Crippen LogP contribution in [0.15, 0.2) is 23.5 Å². The zero-order valence-electron chi connectivity index (χ0n) is 6.24. The van der Waals surface area contributed by atoms with Gasteiger partial charge < -0.3 is 0 Å². The van der Waals surface area contributed by atoms with Gasteiger partial charge in [-0.3, -0.25) is 4.98 Å². The summed E-state index contributed by atoms with van der Waals surface area (Å²) in [5, 5.41) is 0. The maximum Gasteiger partial charge on any atom is 0.235 e. The van der Waals surface area contributed by atoms with Crippen LogP contribution in [0.25, 0.3) is 0 Å². The molecule has 0 aliphatic heterocycles. The summed E-state index contributed by atoms with van der Waals surface area (Å²) in [6.45, 7) is 2.32. The predicted octanol–water partition coefficient (Wildman–Crippen LogP) is 1.23. The Balaban J connectivity index is 2.79. The van der Waals surface area contributed by atoms with E-state index in [0.717, 1.165) is 11.1 Å². The molecule has 0 aromatic carbocycles. The second-order valence-corrected chi connectivity index (χ2v) is 2.28. The molecule has 0 saturated carbocycles.